The summed E-state index contributed by atoms with van der Waals surface area (Å²) in [6, 6.07) is 7.21. The molecule has 1 amide bonds. The number of nitrogens with one attached hydrogen (secondary N) is 1. The molecule has 1 aromatic heterocycles. The van der Waals surface area contributed by atoms with E-state index in [1.54, 1.807) is 17.5 Å². The highest BCUT2D eigenvalue weighted by atomic mass is 35.5. The van der Waals surface area contributed by atoms with Gasteiger partial charge in [0, 0.05) is 23.4 Å². The summed E-state index contributed by atoms with van der Waals surface area (Å²) >= 11 is 7.18. The largest absolute Gasteiger partial charge is 0.298 e. The normalized spacial score (nSPS) is 10.7. The zero-order valence-corrected chi connectivity index (χ0v) is 12.2. The summed E-state index contributed by atoms with van der Waals surface area (Å²) in [6.07, 6.45) is 2.99. The first-order chi connectivity index (χ1) is 9.56. The number of benzene rings is 1. The third-order valence-corrected chi connectivity index (χ3v) is 3.52. The van der Waals surface area contributed by atoms with Crippen LogP contribution < -0.4 is 5.32 Å². The molecule has 2 aromatic rings. The van der Waals surface area contributed by atoms with Crippen LogP contribution in [0.15, 0.2) is 35.7 Å². The molecule has 1 N–H and O–H groups in total. The molecule has 0 aliphatic rings. The minimum atomic E-state index is -0.325. The van der Waals surface area contributed by atoms with Crippen molar-refractivity contribution in [1.82, 2.24) is 4.98 Å². The average Bonchev–Trinajstić information content (AvgIpc) is 2.86. The van der Waals surface area contributed by atoms with Crippen LogP contribution in [0.2, 0.25) is 5.02 Å². The van der Waals surface area contributed by atoms with Gasteiger partial charge in [0.1, 0.15) is 5.69 Å². The molecule has 0 atom stereocenters. The van der Waals surface area contributed by atoms with Crippen molar-refractivity contribution < 1.29 is 9.59 Å². The van der Waals surface area contributed by atoms with Gasteiger partial charge in [0.05, 0.1) is 0 Å². The Morgan fingerprint density at radius 1 is 1.35 bits per heavy atom. The van der Waals surface area contributed by atoms with Crippen molar-refractivity contribution in [2.45, 2.75) is 6.92 Å². The Morgan fingerprint density at radius 3 is 2.75 bits per heavy atom. The van der Waals surface area contributed by atoms with Gasteiger partial charge in [-0.2, -0.15) is 0 Å². The van der Waals surface area contributed by atoms with Crippen LogP contribution in [0.5, 0.6) is 0 Å². The second-order valence-corrected chi connectivity index (χ2v) is 5.20. The maximum absolute atomic E-state index is 11.7. The average molecular weight is 307 g/mol. The number of hydrogen-bond donors (Lipinski definition) is 1. The summed E-state index contributed by atoms with van der Waals surface area (Å²) in [7, 11) is 0. The van der Waals surface area contributed by atoms with Crippen LogP contribution in [-0.4, -0.2) is 16.7 Å². The molecule has 1 aromatic carbocycles. The Bertz CT molecular complexity index is 679. The lowest BCUT2D eigenvalue weighted by Crippen LogP contribution is -2.07. The number of nitrogens with zero attached hydrogens (tertiary/aromatic N) is 1. The summed E-state index contributed by atoms with van der Waals surface area (Å²) in [5, 5.41) is 5.17. The highest BCUT2D eigenvalue weighted by molar-refractivity contribution is 7.14. The number of carbonyl (C=O) groups is 2. The zero-order chi connectivity index (χ0) is 14.5. The SMILES string of the molecule is CC(=O)c1csc(NC(=O)/C=C/c2ccccc2Cl)n1. The van der Waals surface area contributed by atoms with Gasteiger partial charge in [-0.25, -0.2) is 4.98 Å². The van der Waals surface area contributed by atoms with Crippen molar-refractivity contribution in [1.29, 1.82) is 0 Å². The second kappa shape index (κ2) is 6.45. The van der Waals surface area contributed by atoms with Crippen LogP contribution in [0.3, 0.4) is 0 Å². The lowest BCUT2D eigenvalue weighted by atomic mass is 10.2. The minimum absolute atomic E-state index is 0.131. The van der Waals surface area contributed by atoms with Gasteiger partial charge in [0.2, 0.25) is 5.91 Å². The number of Topliss-reactive ketones (excluding diaryl/α,β-unsaturated/α-hetero) is 1. The summed E-state index contributed by atoms with van der Waals surface area (Å²) in [5.74, 6) is -0.456. The van der Waals surface area contributed by atoms with Gasteiger partial charge in [-0.1, -0.05) is 29.8 Å². The predicted octanol–water partition coefficient (Wildman–Crippen LogP) is 3.65. The van der Waals surface area contributed by atoms with Gasteiger partial charge < -0.3 is 0 Å². The van der Waals surface area contributed by atoms with Gasteiger partial charge in [0.25, 0.3) is 0 Å². The first kappa shape index (κ1) is 14.4. The van der Waals surface area contributed by atoms with Crippen LogP contribution in [0.4, 0.5) is 5.13 Å². The Balaban J connectivity index is 2.02. The molecule has 20 heavy (non-hydrogen) atoms. The van der Waals surface area contributed by atoms with E-state index in [0.29, 0.717) is 15.8 Å². The van der Waals surface area contributed by atoms with Gasteiger partial charge in [-0.05, 0) is 17.7 Å². The molecule has 0 bridgehead atoms. The number of amides is 1. The monoisotopic (exact) mass is 306 g/mol. The molecular weight excluding hydrogens is 296 g/mol. The second-order valence-electron chi connectivity index (χ2n) is 3.94. The molecule has 0 aliphatic heterocycles. The number of carbonyl (C=O) groups excluding carboxylic acids is 2. The smallest absolute Gasteiger partial charge is 0.250 e. The summed E-state index contributed by atoms with van der Waals surface area (Å²) < 4.78 is 0. The summed E-state index contributed by atoms with van der Waals surface area (Å²) in [4.78, 5) is 26.8. The van der Waals surface area contributed by atoms with Crippen molar-refractivity contribution in [2.24, 2.45) is 0 Å². The van der Waals surface area contributed by atoms with Crippen molar-refractivity contribution in [3.8, 4) is 0 Å². The molecule has 0 saturated carbocycles. The van der Waals surface area contributed by atoms with Crippen LogP contribution in [-0.2, 0) is 4.79 Å². The molecule has 0 saturated heterocycles. The van der Waals surface area contributed by atoms with Gasteiger partial charge in [-0.3, -0.25) is 14.9 Å². The lowest BCUT2D eigenvalue weighted by molar-refractivity contribution is -0.111. The predicted molar refractivity (Wildman–Crippen MR) is 81.2 cm³/mol. The molecule has 0 aliphatic carbocycles. The third kappa shape index (κ3) is 3.76. The molecule has 0 unspecified atom stereocenters. The summed E-state index contributed by atoms with van der Waals surface area (Å²) in [5.41, 5.74) is 1.10. The number of anilines is 1. The van der Waals surface area contributed by atoms with Crippen molar-refractivity contribution >= 4 is 45.8 Å². The van der Waals surface area contributed by atoms with Crippen LogP contribution in [0.25, 0.3) is 6.08 Å². The standard InChI is InChI=1S/C14H11ClN2O2S/c1-9(18)12-8-20-14(16-12)17-13(19)7-6-10-4-2-3-5-11(10)15/h2-8H,1H3,(H,16,17,19)/b7-6+. The number of halogens is 1. The van der Waals surface area contributed by atoms with Crippen molar-refractivity contribution in [2.75, 3.05) is 5.32 Å². The molecule has 6 heteroatoms. The van der Waals surface area contributed by atoms with Crippen molar-refractivity contribution in [3.63, 3.8) is 0 Å². The minimum Gasteiger partial charge on any atom is -0.298 e. The maximum atomic E-state index is 11.7. The topological polar surface area (TPSA) is 59.1 Å². The molecule has 1 heterocycles. The fraction of sp³-hybridized carbons (Fsp3) is 0.0714. The van der Waals surface area contributed by atoms with E-state index in [1.165, 1.54) is 24.3 Å². The first-order valence-corrected chi connectivity index (χ1v) is 7.02. The van der Waals surface area contributed by atoms with E-state index in [1.807, 2.05) is 18.2 Å². The molecule has 0 fully saturated rings. The molecule has 102 valence electrons. The number of ketones is 1. The Kier molecular flexibility index (Phi) is 4.65. The Hall–Kier alpha value is -1.98. The molecule has 0 radical (unpaired) electrons. The maximum Gasteiger partial charge on any atom is 0.250 e. The fourth-order valence-electron chi connectivity index (χ4n) is 1.42. The highest BCUT2D eigenvalue weighted by Crippen LogP contribution is 2.17. The lowest BCUT2D eigenvalue weighted by Gasteiger charge is -1.97. The van der Waals surface area contributed by atoms with E-state index in [-0.39, 0.29) is 11.7 Å². The molecular formula is C14H11ClN2O2S. The van der Waals surface area contributed by atoms with E-state index in [4.69, 9.17) is 11.6 Å². The van der Waals surface area contributed by atoms with Crippen LogP contribution >= 0.6 is 22.9 Å². The summed E-state index contributed by atoms with van der Waals surface area (Å²) in [6.45, 7) is 1.43. The number of aromatic nitrogens is 1. The van der Waals surface area contributed by atoms with E-state index >= 15 is 0 Å². The number of hydrogen-bond acceptors (Lipinski definition) is 4. The number of rotatable bonds is 4. The van der Waals surface area contributed by atoms with Gasteiger partial charge in [0.15, 0.2) is 10.9 Å². The van der Waals surface area contributed by atoms with Crippen LogP contribution in [0.1, 0.15) is 23.0 Å². The van der Waals surface area contributed by atoms with Gasteiger partial charge in [-0.15, -0.1) is 11.3 Å². The third-order valence-electron chi connectivity index (χ3n) is 2.41. The van der Waals surface area contributed by atoms with E-state index in [0.717, 1.165) is 5.56 Å². The quantitative estimate of drug-likeness (QED) is 0.693. The zero-order valence-electron chi connectivity index (χ0n) is 10.6. The first-order valence-electron chi connectivity index (χ1n) is 5.76. The van der Waals surface area contributed by atoms with Crippen molar-refractivity contribution in [3.05, 3.63) is 52.0 Å². The van der Waals surface area contributed by atoms with E-state index in [9.17, 15) is 9.59 Å². The Morgan fingerprint density at radius 2 is 2.10 bits per heavy atom. The van der Waals surface area contributed by atoms with E-state index < -0.39 is 0 Å². The van der Waals surface area contributed by atoms with Crippen LogP contribution in [0, 0.1) is 0 Å². The molecule has 0 spiro atoms. The van der Waals surface area contributed by atoms with Gasteiger partial charge >= 0.3 is 0 Å². The molecule has 2 rings (SSSR count). The Labute approximate surface area is 125 Å². The van der Waals surface area contributed by atoms with E-state index in [2.05, 4.69) is 10.3 Å². The fourth-order valence-corrected chi connectivity index (χ4v) is 2.37. The molecule has 4 nitrogen and oxygen atoms in total. The highest BCUT2D eigenvalue weighted by Gasteiger charge is 2.07. The number of thiazole rings is 1.